The molecule has 0 spiro atoms. The smallest absolute Gasteiger partial charge is 0.0648 e. The highest BCUT2D eigenvalue weighted by Crippen LogP contribution is 2.26. The van der Waals surface area contributed by atoms with E-state index in [9.17, 15) is 4.21 Å². The van der Waals surface area contributed by atoms with Gasteiger partial charge in [-0.25, -0.2) is 0 Å². The molecule has 1 nitrogen and oxygen atoms in total. The van der Waals surface area contributed by atoms with Crippen LogP contribution in [0.2, 0.25) is 0 Å². The summed E-state index contributed by atoms with van der Waals surface area (Å²) in [5, 5.41) is 0.655. The maximum absolute atomic E-state index is 11.9. The summed E-state index contributed by atoms with van der Waals surface area (Å²) in [4.78, 5) is 0.831. The van der Waals surface area contributed by atoms with Gasteiger partial charge in [0.25, 0.3) is 0 Å². The van der Waals surface area contributed by atoms with Crippen LogP contribution in [-0.2, 0) is 10.8 Å². The molecule has 0 bridgehead atoms. The molecule has 0 aromatic heterocycles. The number of halogens is 1. The number of hydrogen-bond donors (Lipinski definition) is 0. The Bertz CT molecular complexity index is 451. The molecule has 0 saturated heterocycles. The van der Waals surface area contributed by atoms with Crippen molar-refractivity contribution in [2.24, 2.45) is 5.41 Å². The third kappa shape index (κ3) is 4.91. The second kappa shape index (κ2) is 6.20. The lowest BCUT2D eigenvalue weighted by Crippen LogP contribution is -2.03. The van der Waals surface area contributed by atoms with Crippen LogP contribution < -0.4 is 0 Å². The van der Waals surface area contributed by atoms with Gasteiger partial charge in [-0.05, 0) is 18.2 Å². The van der Waals surface area contributed by atoms with Crippen LogP contribution >= 0.6 is 11.6 Å². The average Bonchev–Trinajstić information content (AvgIpc) is 2.28. The van der Waals surface area contributed by atoms with E-state index < -0.39 is 10.8 Å². The van der Waals surface area contributed by atoms with Gasteiger partial charge in [0.05, 0.1) is 21.6 Å². The van der Waals surface area contributed by atoms with E-state index >= 15 is 0 Å². The van der Waals surface area contributed by atoms with E-state index in [1.165, 1.54) is 0 Å². The molecule has 1 aromatic rings. The summed E-state index contributed by atoms with van der Waals surface area (Å²) in [7, 11) is -1.02. The third-order valence-electron chi connectivity index (χ3n) is 2.13. The molecule has 0 aliphatic carbocycles. The Morgan fingerprint density at radius 2 is 1.94 bits per heavy atom. The van der Waals surface area contributed by atoms with Gasteiger partial charge in [-0.15, -0.1) is 5.73 Å². The molecule has 0 saturated carbocycles. The molecule has 92 valence electrons. The summed E-state index contributed by atoms with van der Waals surface area (Å²) < 4.78 is 11.9. The molecular formula is C14H17ClOS. The molecule has 17 heavy (non-hydrogen) atoms. The van der Waals surface area contributed by atoms with Crippen LogP contribution in [0, 0.1) is 5.41 Å². The third-order valence-corrected chi connectivity index (χ3v) is 4.07. The number of benzene rings is 1. The molecule has 0 heterocycles. The predicted octanol–water partition coefficient (Wildman–Crippen LogP) is 4.12. The molecule has 1 rings (SSSR count). The fourth-order valence-corrected chi connectivity index (χ4v) is 2.06. The first-order valence-corrected chi connectivity index (χ1v) is 7.15. The fraction of sp³-hybridized carbons (Fsp3) is 0.357. The molecule has 1 atom stereocenters. The summed E-state index contributed by atoms with van der Waals surface area (Å²) in [5.74, 6) is 0.441. The van der Waals surface area contributed by atoms with E-state index in [1.54, 1.807) is 6.08 Å². The summed E-state index contributed by atoms with van der Waals surface area (Å²) in [6.07, 6.45) is 1.75. The molecule has 0 amide bonds. The van der Waals surface area contributed by atoms with E-state index in [-0.39, 0.29) is 5.41 Å². The normalized spacial score (nSPS) is 12.7. The Morgan fingerprint density at radius 1 is 1.35 bits per heavy atom. The molecule has 1 aromatic carbocycles. The Kier molecular flexibility index (Phi) is 5.20. The van der Waals surface area contributed by atoms with Crippen molar-refractivity contribution in [1.82, 2.24) is 0 Å². The SMILES string of the molecule is CC(C)(C)C(Cl)=C=CCS(=O)c1ccccc1. The van der Waals surface area contributed by atoms with Gasteiger partial charge >= 0.3 is 0 Å². The summed E-state index contributed by atoms with van der Waals surface area (Å²) in [6.45, 7) is 6.05. The maximum Gasteiger partial charge on any atom is 0.0648 e. The zero-order chi connectivity index (χ0) is 12.9. The van der Waals surface area contributed by atoms with Gasteiger partial charge in [-0.3, -0.25) is 4.21 Å². The Labute approximate surface area is 111 Å². The summed E-state index contributed by atoms with van der Waals surface area (Å²) in [6, 6.07) is 9.40. The van der Waals surface area contributed by atoms with Crippen molar-refractivity contribution in [2.45, 2.75) is 25.7 Å². The largest absolute Gasteiger partial charge is 0.254 e. The van der Waals surface area contributed by atoms with Crippen LogP contribution in [0.5, 0.6) is 0 Å². The van der Waals surface area contributed by atoms with Crippen LogP contribution in [0.1, 0.15) is 20.8 Å². The van der Waals surface area contributed by atoms with Gasteiger partial charge in [0.15, 0.2) is 0 Å². The van der Waals surface area contributed by atoms with Crippen molar-refractivity contribution < 1.29 is 4.21 Å². The lowest BCUT2D eigenvalue weighted by molar-refractivity contribution is 0.531. The van der Waals surface area contributed by atoms with Gasteiger partial charge < -0.3 is 0 Å². The summed E-state index contributed by atoms with van der Waals surface area (Å²) >= 11 is 6.06. The average molecular weight is 269 g/mol. The highest BCUT2D eigenvalue weighted by atomic mass is 35.5. The van der Waals surface area contributed by atoms with Crippen molar-refractivity contribution in [3.05, 3.63) is 47.2 Å². The monoisotopic (exact) mass is 268 g/mol. The van der Waals surface area contributed by atoms with E-state index in [1.807, 2.05) is 51.1 Å². The van der Waals surface area contributed by atoms with E-state index in [0.717, 1.165) is 4.90 Å². The molecule has 0 radical (unpaired) electrons. The zero-order valence-corrected chi connectivity index (χ0v) is 11.9. The van der Waals surface area contributed by atoms with Crippen LogP contribution in [-0.4, -0.2) is 9.96 Å². The quantitative estimate of drug-likeness (QED) is 0.754. The first kappa shape index (κ1) is 14.2. The van der Waals surface area contributed by atoms with Crippen molar-refractivity contribution in [3.8, 4) is 0 Å². The first-order valence-electron chi connectivity index (χ1n) is 5.46. The predicted molar refractivity (Wildman–Crippen MR) is 74.6 cm³/mol. The molecular weight excluding hydrogens is 252 g/mol. The van der Waals surface area contributed by atoms with Crippen LogP contribution in [0.4, 0.5) is 0 Å². The minimum absolute atomic E-state index is 0.105. The Balaban J connectivity index is 2.70. The highest BCUT2D eigenvalue weighted by Gasteiger charge is 2.13. The highest BCUT2D eigenvalue weighted by molar-refractivity contribution is 7.85. The van der Waals surface area contributed by atoms with Crippen molar-refractivity contribution in [3.63, 3.8) is 0 Å². The summed E-state index contributed by atoms with van der Waals surface area (Å²) in [5.41, 5.74) is 2.88. The van der Waals surface area contributed by atoms with Gasteiger partial charge in [-0.1, -0.05) is 50.6 Å². The molecule has 0 fully saturated rings. The Morgan fingerprint density at radius 3 is 2.47 bits per heavy atom. The second-order valence-electron chi connectivity index (χ2n) is 4.74. The van der Waals surface area contributed by atoms with E-state index in [4.69, 9.17) is 11.6 Å². The van der Waals surface area contributed by atoms with Crippen molar-refractivity contribution in [2.75, 3.05) is 5.75 Å². The van der Waals surface area contributed by atoms with Crippen LogP contribution in [0.15, 0.2) is 52.1 Å². The van der Waals surface area contributed by atoms with Crippen molar-refractivity contribution >= 4 is 22.4 Å². The van der Waals surface area contributed by atoms with Gasteiger partial charge in [0.2, 0.25) is 0 Å². The molecule has 0 aliphatic rings. The van der Waals surface area contributed by atoms with E-state index in [0.29, 0.717) is 10.8 Å². The van der Waals surface area contributed by atoms with Gasteiger partial charge in [-0.2, -0.15) is 0 Å². The second-order valence-corrected chi connectivity index (χ2v) is 6.61. The van der Waals surface area contributed by atoms with Crippen LogP contribution in [0.25, 0.3) is 0 Å². The molecule has 1 unspecified atom stereocenters. The van der Waals surface area contributed by atoms with Gasteiger partial charge in [0, 0.05) is 10.3 Å². The number of hydrogen-bond acceptors (Lipinski definition) is 1. The van der Waals surface area contributed by atoms with Crippen molar-refractivity contribution in [1.29, 1.82) is 0 Å². The first-order chi connectivity index (χ1) is 7.91. The van der Waals surface area contributed by atoms with Gasteiger partial charge in [0.1, 0.15) is 0 Å². The van der Waals surface area contributed by atoms with Crippen LogP contribution in [0.3, 0.4) is 0 Å². The zero-order valence-electron chi connectivity index (χ0n) is 10.4. The molecule has 0 aliphatic heterocycles. The molecule has 0 N–H and O–H groups in total. The lowest BCUT2D eigenvalue weighted by Gasteiger charge is -2.14. The minimum atomic E-state index is -1.02. The molecule has 3 heteroatoms. The topological polar surface area (TPSA) is 17.1 Å². The minimum Gasteiger partial charge on any atom is -0.254 e. The fourth-order valence-electron chi connectivity index (χ4n) is 1.09. The Hall–Kier alpha value is -0.820. The number of rotatable bonds is 3. The standard InChI is InChI=1S/C14H17ClOS/c1-14(2,3)13(15)10-7-11-17(16)12-8-5-4-6-9-12/h4-9H,11H2,1-3H3. The maximum atomic E-state index is 11.9. The lowest BCUT2D eigenvalue weighted by atomic mass is 9.97. The van der Waals surface area contributed by atoms with E-state index in [2.05, 4.69) is 5.73 Å².